The fourth-order valence-corrected chi connectivity index (χ4v) is 3.59. The number of aryl methyl sites for hydroxylation is 2. The Kier molecular flexibility index (Phi) is 10.5. The predicted octanol–water partition coefficient (Wildman–Crippen LogP) is 9.42. The summed E-state index contributed by atoms with van der Waals surface area (Å²) in [5.41, 5.74) is 6.97. The van der Waals surface area contributed by atoms with E-state index in [0.29, 0.717) is 5.02 Å². The van der Waals surface area contributed by atoms with E-state index >= 15 is 0 Å². The summed E-state index contributed by atoms with van der Waals surface area (Å²) in [7, 11) is 0. The Hall–Kier alpha value is -2.71. The van der Waals surface area contributed by atoms with Crippen LogP contribution in [0.5, 0.6) is 0 Å². The van der Waals surface area contributed by atoms with Crippen molar-refractivity contribution < 1.29 is 0 Å². The quantitative estimate of drug-likeness (QED) is 0.308. The Morgan fingerprint density at radius 1 is 0.714 bits per heavy atom. The van der Waals surface area contributed by atoms with Crippen molar-refractivity contribution in [2.24, 2.45) is 9.98 Å². The number of benzene rings is 3. The van der Waals surface area contributed by atoms with Crippen LogP contribution in [0.2, 0.25) is 5.02 Å². The summed E-state index contributed by atoms with van der Waals surface area (Å²) in [6.45, 7) is 16.9. The summed E-state index contributed by atoms with van der Waals surface area (Å²) in [6, 6.07) is 23.4. The topological polar surface area (TPSA) is 24.7 Å². The van der Waals surface area contributed by atoms with Crippen LogP contribution in [-0.4, -0.2) is 18.0 Å². The van der Waals surface area contributed by atoms with Crippen molar-refractivity contribution in [1.82, 2.24) is 0 Å². The van der Waals surface area contributed by atoms with Crippen LogP contribution < -0.4 is 0 Å². The second kappa shape index (κ2) is 12.8. The van der Waals surface area contributed by atoms with Gasteiger partial charge in [-0.25, -0.2) is 0 Å². The zero-order valence-corrected chi connectivity index (χ0v) is 23.4. The first kappa shape index (κ1) is 28.5. The predicted molar refractivity (Wildman–Crippen MR) is 156 cm³/mol. The van der Waals surface area contributed by atoms with Gasteiger partial charge < -0.3 is 0 Å². The molecule has 0 unspecified atom stereocenters. The standard InChI is InChI=1S/C30H35ClN2.C2H6/c1-29(2,3)26-15-10-22(11-16-26)7-8-23-12-17-27(18-13-23)32-20-24-9-14-25(28(31)19-24)21-33-30(4,5)6;1-2/h9-21H,7-8H2,1-6H3;1-2H3. The van der Waals surface area contributed by atoms with Gasteiger partial charge in [-0.1, -0.05) is 94.8 Å². The molecule has 186 valence electrons. The van der Waals surface area contributed by atoms with E-state index in [4.69, 9.17) is 11.6 Å². The summed E-state index contributed by atoms with van der Waals surface area (Å²) in [5.74, 6) is 0. The molecule has 0 saturated heterocycles. The molecular formula is C32H41ClN2. The van der Waals surface area contributed by atoms with Crippen LogP contribution in [0.1, 0.15) is 83.2 Å². The van der Waals surface area contributed by atoms with Crippen molar-refractivity contribution in [3.05, 3.63) is 99.6 Å². The molecule has 0 aromatic heterocycles. The highest BCUT2D eigenvalue weighted by molar-refractivity contribution is 6.33. The van der Waals surface area contributed by atoms with Gasteiger partial charge in [-0.05, 0) is 79.5 Å². The van der Waals surface area contributed by atoms with E-state index in [2.05, 4.69) is 100 Å². The van der Waals surface area contributed by atoms with Gasteiger partial charge >= 0.3 is 0 Å². The van der Waals surface area contributed by atoms with Gasteiger partial charge in [-0.3, -0.25) is 9.98 Å². The average Bonchev–Trinajstić information content (AvgIpc) is 2.82. The monoisotopic (exact) mass is 488 g/mol. The molecule has 0 N–H and O–H groups in total. The Morgan fingerprint density at radius 2 is 1.26 bits per heavy atom. The van der Waals surface area contributed by atoms with Gasteiger partial charge in [-0.2, -0.15) is 0 Å². The number of halogens is 1. The molecule has 3 rings (SSSR count). The third-order valence-corrected chi connectivity index (χ3v) is 5.76. The zero-order chi connectivity index (χ0) is 26.1. The fourth-order valence-electron chi connectivity index (χ4n) is 3.35. The summed E-state index contributed by atoms with van der Waals surface area (Å²) in [6.07, 6.45) is 5.74. The van der Waals surface area contributed by atoms with Crippen LogP contribution in [0.4, 0.5) is 5.69 Å². The first-order valence-electron chi connectivity index (χ1n) is 12.6. The second-order valence-electron chi connectivity index (χ2n) is 10.6. The van der Waals surface area contributed by atoms with E-state index in [-0.39, 0.29) is 11.0 Å². The SMILES string of the molecule is CC.CC(C)(C)N=Cc1ccc(C=Nc2ccc(CCc3ccc(C(C)(C)C)cc3)cc2)cc1Cl. The lowest BCUT2D eigenvalue weighted by Gasteiger charge is -2.19. The molecule has 2 nitrogen and oxygen atoms in total. The molecule has 0 aliphatic carbocycles. The van der Waals surface area contributed by atoms with Gasteiger partial charge in [0.05, 0.1) is 11.2 Å². The number of rotatable bonds is 6. The van der Waals surface area contributed by atoms with Crippen molar-refractivity contribution in [1.29, 1.82) is 0 Å². The normalized spacial score (nSPS) is 12.1. The zero-order valence-electron chi connectivity index (χ0n) is 22.7. The molecule has 0 aliphatic heterocycles. The molecule has 0 bridgehead atoms. The average molecular weight is 489 g/mol. The first-order chi connectivity index (χ1) is 16.5. The van der Waals surface area contributed by atoms with Crippen LogP contribution >= 0.6 is 11.6 Å². The highest BCUT2D eigenvalue weighted by Gasteiger charge is 2.12. The van der Waals surface area contributed by atoms with E-state index in [9.17, 15) is 0 Å². The molecule has 0 aliphatic rings. The highest BCUT2D eigenvalue weighted by Crippen LogP contribution is 2.23. The van der Waals surface area contributed by atoms with Gasteiger partial charge in [-0.15, -0.1) is 0 Å². The maximum atomic E-state index is 6.42. The van der Waals surface area contributed by atoms with E-state index in [1.54, 1.807) is 0 Å². The van der Waals surface area contributed by atoms with Gasteiger partial charge in [0.25, 0.3) is 0 Å². The Labute approximate surface area is 218 Å². The summed E-state index contributed by atoms with van der Waals surface area (Å²) in [4.78, 5) is 9.13. The van der Waals surface area contributed by atoms with Crippen molar-refractivity contribution in [2.75, 3.05) is 0 Å². The molecule has 35 heavy (non-hydrogen) atoms. The van der Waals surface area contributed by atoms with Crippen molar-refractivity contribution >= 4 is 29.7 Å². The number of hydrogen-bond donors (Lipinski definition) is 0. The van der Waals surface area contributed by atoms with E-state index in [1.807, 2.05) is 44.5 Å². The molecule has 3 heteroatoms. The summed E-state index contributed by atoms with van der Waals surface area (Å²) in [5, 5.41) is 0.679. The Morgan fingerprint density at radius 3 is 1.74 bits per heavy atom. The molecular weight excluding hydrogens is 448 g/mol. The molecule has 0 spiro atoms. The lowest BCUT2D eigenvalue weighted by molar-refractivity contribution is 0.586. The van der Waals surface area contributed by atoms with Gasteiger partial charge in [0.15, 0.2) is 0 Å². The third kappa shape index (κ3) is 9.82. The summed E-state index contributed by atoms with van der Waals surface area (Å²) < 4.78 is 0. The molecule has 0 amide bonds. The van der Waals surface area contributed by atoms with Gasteiger partial charge in [0.1, 0.15) is 0 Å². The van der Waals surface area contributed by atoms with Crippen LogP contribution in [0.15, 0.2) is 76.7 Å². The van der Waals surface area contributed by atoms with Gasteiger partial charge in [0, 0.05) is 23.0 Å². The van der Waals surface area contributed by atoms with Crippen molar-refractivity contribution in [2.45, 2.75) is 79.2 Å². The largest absolute Gasteiger partial charge is 0.287 e. The minimum absolute atomic E-state index is 0.119. The third-order valence-electron chi connectivity index (χ3n) is 5.44. The van der Waals surface area contributed by atoms with Crippen LogP contribution in [0.25, 0.3) is 0 Å². The van der Waals surface area contributed by atoms with E-state index < -0.39 is 0 Å². The van der Waals surface area contributed by atoms with Crippen molar-refractivity contribution in [3.8, 4) is 0 Å². The van der Waals surface area contributed by atoms with Crippen LogP contribution in [0, 0.1) is 0 Å². The van der Waals surface area contributed by atoms with Gasteiger partial charge in [0.2, 0.25) is 0 Å². The molecule has 0 atom stereocenters. The van der Waals surface area contributed by atoms with E-state index in [0.717, 1.165) is 29.7 Å². The minimum atomic E-state index is -0.119. The Bertz CT molecular complexity index is 1110. The fraction of sp³-hybridized carbons (Fsp3) is 0.375. The molecule has 0 saturated carbocycles. The number of nitrogens with zero attached hydrogens (tertiary/aromatic N) is 2. The number of hydrogen-bond acceptors (Lipinski definition) is 2. The number of aliphatic imine (C=N–C) groups is 2. The second-order valence-corrected chi connectivity index (χ2v) is 11.0. The molecule has 0 fully saturated rings. The molecule has 0 heterocycles. The lowest BCUT2D eigenvalue weighted by atomic mass is 9.86. The first-order valence-corrected chi connectivity index (χ1v) is 12.9. The summed E-state index contributed by atoms with van der Waals surface area (Å²) >= 11 is 6.42. The maximum Gasteiger partial charge on any atom is 0.0630 e. The lowest BCUT2D eigenvalue weighted by Crippen LogP contribution is -2.10. The highest BCUT2D eigenvalue weighted by atomic mass is 35.5. The van der Waals surface area contributed by atoms with Crippen LogP contribution in [0.3, 0.4) is 0 Å². The molecule has 3 aromatic carbocycles. The van der Waals surface area contributed by atoms with E-state index in [1.165, 1.54) is 16.7 Å². The smallest absolute Gasteiger partial charge is 0.0630 e. The molecule has 0 radical (unpaired) electrons. The Balaban J connectivity index is 0.00000210. The maximum absolute atomic E-state index is 6.42. The van der Waals surface area contributed by atoms with Crippen molar-refractivity contribution in [3.63, 3.8) is 0 Å². The van der Waals surface area contributed by atoms with Crippen LogP contribution in [-0.2, 0) is 18.3 Å². The minimum Gasteiger partial charge on any atom is -0.287 e. The molecule has 3 aromatic rings.